The Morgan fingerprint density at radius 3 is 2.65 bits per heavy atom. The maximum atomic E-state index is 13.8. The normalized spacial score (nSPS) is 18.5. The molecular formula is C14H19F2N. The van der Waals surface area contributed by atoms with Crippen molar-refractivity contribution in [2.45, 2.75) is 38.6 Å². The molecule has 17 heavy (non-hydrogen) atoms. The Morgan fingerprint density at radius 2 is 2.00 bits per heavy atom. The molecule has 3 heteroatoms. The summed E-state index contributed by atoms with van der Waals surface area (Å²) in [6.07, 6.45) is 4.61. The summed E-state index contributed by atoms with van der Waals surface area (Å²) in [5.41, 5.74) is 0.485. The summed E-state index contributed by atoms with van der Waals surface area (Å²) < 4.78 is 27.0. The third-order valence-electron chi connectivity index (χ3n) is 3.59. The number of halogens is 2. The standard InChI is InChI=1S/C14H19F2N/c1-2-17-14(10-5-3-4-6-10)12-9-11(15)7-8-13(12)16/h7-10,14,17H,2-6H2,1H3. The largest absolute Gasteiger partial charge is 0.310 e. The highest BCUT2D eigenvalue weighted by atomic mass is 19.1. The van der Waals surface area contributed by atoms with Crippen LogP contribution >= 0.6 is 0 Å². The lowest BCUT2D eigenvalue weighted by atomic mass is 9.91. The van der Waals surface area contributed by atoms with Gasteiger partial charge in [0.25, 0.3) is 0 Å². The fourth-order valence-corrected chi connectivity index (χ4v) is 2.79. The first-order chi connectivity index (χ1) is 8.22. The van der Waals surface area contributed by atoms with E-state index in [0.717, 1.165) is 19.4 Å². The number of nitrogens with one attached hydrogen (secondary N) is 1. The maximum absolute atomic E-state index is 13.8. The predicted octanol–water partition coefficient (Wildman–Crippen LogP) is 3.81. The van der Waals surface area contributed by atoms with E-state index < -0.39 is 0 Å². The summed E-state index contributed by atoms with van der Waals surface area (Å²) in [4.78, 5) is 0. The Bertz CT molecular complexity index is 372. The van der Waals surface area contributed by atoms with Crippen LogP contribution in [0, 0.1) is 17.6 Å². The second-order valence-electron chi connectivity index (χ2n) is 4.75. The SMILES string of the molecule is CCNC(c1cc(F)ccc1F)C1CCCC1. The van der Waals surface area contributed by atoms with Crippen LogP contribution < -0.4 is 5.32 Å². The maximum Gasteiger partial charge on any atom is 0.128 e. The van der Waals surface area contributed by atoms with Gasteiger partial charge in [-0.2, -0.15) is 0 Å². The zero-order chi connectivity index (χ0) is 12.3. The second kappa shape index (κ2) is 5.58. The van der Waals surface area contributed by atoms with Crippen LogP contribution in [-0.4, -0.2) is 6.54 Å². The van der Waals surface area contributed by atoms with Crippen LogP contribution in [0.25, 0.3) is 0 Å². The third-order valence-corrected chi connectivity index (χ3v) is 3.59. The Kier molecular flexibility index (Phi) is 4.11. The van der Waals surface area contributed by atoms with Crippen LogP contribution in [-0.2, 0) is 0 Å². The summed E-state index contributed by atoms with van der Waals surface area (Å²) in [7, 11) is 0. The molecule has 1 unspecified atom stereocenters. The zero-order valence-electron chi connectivity index (χ0n) is 10.2. The molecule has 0 saturated heterocycles. The molecule has 94 valence electrons. The predicted molar refractivity (Wildman–Crippen MR) is 64.7 cm³/mol. The molecule has 1 fully saturated rings. The van der Waals surface area contributed by atoms with Gasteiger partial charge in [-0.05, 0) is 43.5 Å². The summed E-state index contributed by atoms with van der Waals surface area (Å²) in [5, 5.41) is 3.30. The molecule has 1 aliphatic carbocycles. The van der Waals surface area contributed by atoms with Crippen LogP contribution in [0.5, 0.6) is 0 Å². The molecule has 2 rings (SSSR count). The van der Waals surface area contributed by atoms with Gasteiger partial charge in [0.15, 0.2) is 0 Å². The summed E-state index contributed by atoms with van der Waals surface area (Å²) in [6.45, 7) is 2.77. The molecule has 0 aromatic heterocycles. The Morgan fingerprint density at radius 1 is 1.29 bits per heavy atom. The van der Waals surface area contributed by atoms with Crippen molar-refractivity contribution < 1.29 is 8.78 Å². The Balaban J connectivity index is 2.27. The highest BCUT2D eigenvalue weighted by Crippen LogP contribution is 2.36. The van der Waals surface area contributed by atoms with Gasteiger partial charge in [0.05, 0.1) is 0 Å². The second-order valence-corrected chi connectivity index (χ2v) is 4.75. The molecule has 0 radical (unpaired) electrons. The monoisotopic (exact) mass is 239 g/mol. The molecule has 0 spiro atoms. The van der Waals surface area contributed by atoms with Gasteiger partial charge in [0.1, 0.15) is 11.6 Å². The first-order valence-corrected chi connectivity index (χ1v) is 6.40. The van der Waals surface area contributed by atoms with Gasteiger partial charge in [0.2, 0.25) is 0 Å². The van der Waals surface area contributed by atoms with Crippen molar-refractivity contribution in [3.05, 3.63) is 35.4 Å². The average Bonchev–Trinajstić information content (AvgIpc) is 2.83. The van der Waals surface area contributed by atoms with Gasteiger partial charge in [0, 0.05) is 11.6 Å². The van der Waals surface area contributed by atoms with Crippen molar-refractivity contribution in [3.8, 4) is 0 Å². The molecule has 0 amide bonds. The van der Waals surface area contributed by atoms with Crippen LogP contribution in [0.3, 0.4) is 0 Å². The Hall–Kier alpha value is -0.960. The topological polar surface area (TPSA) is 12.0 Å². The van der Waals surface area contributed by atoms with Gasteiger partial charge in [-0.1, -0.05) is 19.8 Å². The summed E-state index contributed by atoms with van der Waals surface area (Å²) in [5.74, 6) is -0.224. The van der Waals surface area contributed by atoms with Crippen LogP contribution in [0.2, 0.25) is 0 Å². The molecule has 1 nitrogen and oxygen atoms in total. The lowest BCUT2D eigenvalue weighted by Gasteiger charge is -2.25. The van der Waals surface area contributed by atoms with Gasteiger partial charge in [-0.15, -0.1) is 0 Å². The smallest absolute Gasteiger partial charge is 0.128 e. The van der Waals surface area contributed by atoms with Crippen LogP contribution in [0.15, 0.2) is 18.2 Å². The van der Waals surface area contributed by atoms with E-state index in [4.69, 9.17) is 0 Å². The summed E-state index contributed by atoms with van der Waals surface area (Å²) in [6, 6.07) is 3.69. The van der Waals surface area contributed by atoms with Crippen molar-refractivity contribution >= 4 is 0 Å². The number of benzene rings is 1. The highest BCUT2D eigenvalue weighted by molar-refractivity contribution is 5.23. The van der Waals surface area contributed by atoms with E-state index in [1.807, 2.05) is 6.92 Å². The molecule has 1 aromatic carbocycles. The molecule has 1 aromatic rings. The minimum absolute atomic E-state index is 0.0433. The van der Waals surface area contributed by atoms with E-state index in [2.05, 4.69) is 5.32 Å². The van der Waals surface area contributed by atoms with Gasteiger partial charge >= 0.3 is 0 Å². The van der Waals surface area contributed by atoms with E-state index in [9.17, 15) is 8.78 Å². The molecule has 0 bridgehead atoms. The van der Waals surface area contributed by atoms with E-state index in [1.165, 1.54) is 31.0 Å². The van der Waals surface area contributed by atoms with E-state index in [1.54, 1.807) is 0 Å². The fourth-order valence-electron chi connectivity index (χ4n) is 2.79. The minimum atomic E-state index is -0.359. The number of hydrogen-bond donors (Lipinski definition) is 1. The van der Waals surface area contributed by atoms with Crippen molar-refractivity contribution in [1.82, 2.24) is 5.32 Å². The van der Waals surface area contributed by atoms with E-state index in [-0.39, 0.29) is 17.7 Å². The first-order valence-electron chi connectivity index (χ1n) is 6.40. The Labute approximate surface area is 101 Å². The van der Waals surface area contributed by atoms with Crippen LogP contribution in [0.1, 0.15) is 44.2 Å². The lowest BCUT2D eigenvalue weighted by Crippen LogP contribution is -2.28. The highest BCUT2D eigenvalue weighted by Gasteiger charge is 2.27. The zero-order valence-corrected chi connectivity index (χ0v) is 10.2. The average molecular weight is 239 g/mol. The lowest BCUT2D eigenvalue weighted by molar-refractivity contribution is 0.361. The van der Waals surface area contributed by atoms with E-state index >= 15 is 0 Å². The van der Waals surface area contributed by atoms with Crippen molar-refractivity contribution in [2.24, 2.45) is 5.92 Å². The third kappa shape index (κ3) is 2.83. The van der Waals surface area contributed by atoms with Gasteiger partial charge in [-0.3, -0.25) is 0 Å². The van der Waals surface area contributed by atoms with Crippen LogP contribution in [0.4, 0.5) is 8.78 Å². The first kappa shape index (κ1) is 12.5. The van der Waals surface area contributed by atoms with Gasteiger partial charge < -0.3 is 5.32 Å². The minimum Gasteiger partial charge on any atom is -0.310 e. The molecule has 1 atom stereocenters. The number of rotatable bonds is 4. The molecular weight excluding hydrogens is 220 g/mol. The molecule has 1 N–H and O–H groups in total. The van der Waals surface area contributed by atoms with Crippen molar-refractivity contribution in [2.75, 3.05) is 6.54 Å². The molecule has 0 aliphatic heterocycles. The van der Waals surface area contributed by atoms with Crippen molar-refractivity contribution in [1.29, 1.82) is 0 Å². The van der Waals surface area contributed by atoms with Gasteiger partial charge in [-0.25, -0.2) is 8.78 Å². The molecule has 1 aliphatic rings. The molecule has 0 heterocycles. The van der Waals surface area contributed by atoms with E-state index in [0.29, 0.717) is 11.5 Å². The van der Waals surface area contributed by atoms with Crippen molar-refractivity contribution in [3.63, 3.8) is 0 Å². The number of hydrogen-bond acceptors (Lipinski definition) is 1. The summed E-state index contributed by atoms with van der Waals surface area (Å²) >= 11 is 0. The quantitative estimate of drug-likeness (QED) is 0.842. The fraction of sp³-hybridized carbons (Fsp3) is 0.571. The molecule has 1 saturated carbocycles.